The molecule has 2 aliphatic rings. The van der Waals surface area contributed by atoms with Crippen LogP contribution < -0.4 is 15.5 Å². The monoisotopic (exact) mass is 440 g/mol. The van der Waals surface area contributed by atoms with E-state index in [2.05, 4.69) is 105 Å². The van der Waals surface area contributed by atoms with Crippen LogP contribution >= 0.6 is 0 Å². The van der Waals surface area contributed by atoms with E-state index in [4.69, 9.17) is 0 Å². The second-order valence-electron chi connectivity index (χ2n) is 9.41. The number of anilines is 1. The fourth-order valence-electron chi connectivity index (χ4n) is 5.25. The summed E-state index contributed by atoms with van der Waals surface area (Å²) in [6.45, 7) is 8.55. The van der Waals surface area contributed by atoms with E-state index in [1.165, 1.54) is 28.8 Å². The molecule has 0 bridgehead atoms. The third-order valence-corrected chi connectivity index (χ3v) is 7.20. The Kier molecular flexibility index (Phi) is 7.36. The molecule has 172 valence electrons. The van der Waals surface area contributed by atoms with Crippen LogP contribution in [0.25, 0.3) is 0 Å². The first kappa shape index (κ1) is 22.1. The third kappa shape index (κ3) is 5.83. The molecule has 0 aliphatic carbocycles. The molecule has 2 aliphatic heterocycles. The minimum Gasteiger partial charge on any atom is -0.369 e. The highest BCUT2D eigenvalue weighted by molar-refractivity contribution is 5.46. The predicted molar refractivity (Wildman–Crippen MR) is 138 cm³/mol. The van der Waals surface area contributed by atoms with Gasteiger partial charge in [0.2, 0.25) is 0 Å². The summed E-state index contributed by atoms with van der Waals surface area (Å²) in [5.41, 5.74) is 5.60. The standard InChI is InChI=1S/C29H36N4/c1-3-7-24(8-4-1)21-31-29-22-30-16-15-28(29)26-13-11-25(12-14-26)23-32-17-19-33(20-18-32)27-9-5-2-6-10-27/h1-14,28-31H,15-23H2. The Balaban J connectivity index is 1.15. The first-order valence-electron chi connectivity index (χ1n) is 12.4. The summed E-state index contributed by atoms with van der Waals surface area (Å²) < 4.78 is 0. The molecule has 5 rings (SSSR count). The minimum atomic E-state index is 0.468. The summed E-state index contributed by atoms with van der Waals surface area (Å²) in [5, 5.41) is 7.39. The molecule has 2 atom stereocenters. The molecular formula is C29H36N4. The van der Waals surface area contributed by atoms with E-state index < -0.39 is 0 Å². The quantitative estimate of drug-likeness (QED) is 0.575. The SMILES string of the molecule is c1ccc(CNC2CNCCC2c2ccc(CN3CCN(c4ccccc4)CC3)cc2)cc1. The number of para-hydroxylation sites is 1. The van der Waals surface area contributed by atoms with Crippen molar-refractivity contribution in [2.45, 2.75) is 31.5 Å². The average Bonchev–Trinajstić information content (AvgIpc) is 2.90. The third-order valence-electron chi connectivity index (χ3n) is 7.20. The highest BCUT2D eigenvalue weighted by Crippen LogP contribution is 2.27. The fourth-order valence-corrected chi connectivity index (χ4v) is 5.25. The summed E-state index contributed by atoms with van der Waals surface area (Å²) in [4.78, 5) is 5.09. The van der Waals surface area contributed by atoms with Crippen LogP contribution in [-0.2, 0) is 13.1 Å². The first-order chi connectivity index (χ1) is 16.3. The molecule has 33 heavy (non-hydrogen) atoms. The summed E-state index contributed by atoms with van der Waals surface area (Å²) >= 11 is 0. The van der Waals surface area contributed by atoms with E-state index >= 15 is 0 Å². The Morgan fingerprint density at radius 2 is 1.45 bits per heavy atom. The van der Waals surface area contributed by atoms with Gasteiger partial charge in [-0.2, -0.15) is 0 Å². The molecule has 4 nitrogen and oxygen atoms in total. The molecule has 4 heteroatoms. The number of nitrogens with zero attached hydrogens (tertiary/aromatic N) is 2. The molecule has 0 spiro atoms. The van der Waals surface area contributed by atoms with E-state index in [0.29, 0.717) is 12.0 Å². The van der Waals surface area contributed by atoms with Crippen LogP contribution in [0.5, 0.6) is 0 Å². The Morgan fingerprint density at radius 1 is 0.758 bits per heavy atom. The Bertz CT molecular complexity index is 966. The lowest BCUT2D eigenvalue weighted by atomic mass is 9.85. The predicted octanol–water partition coefficient (Wildman–Crippen LogP) is 4.24. The van der Waals surface area contributed by atoms with Gasteiger partial charge in [0.15, 0.2) is 0 Å². The number of nitrogens with one attached hydrogen (secondary N) is 2. The van der Waals surface area contributed by atoms with Crippen molar-refractivity contribution in [3.63, 3.8) is 0 Å². The zero-order valence-electron chi connectivity index (χ0n) is 19.5. The van der Waals surface area contributed by atoms with E-state index in [1.54, 1.807) is 0 Å². The van der Waals surface area contributed by atoms with Crippen LogP contribution in [-0.4, -0.2) is 50.2 Å². The molecule has 0 amide bonds. The summed E-state index contributed by atoms with van der Waals surface area (Å²) in [6.07, 6.45) is 1.19. The fraction of sp³-hybridized carbons (Fsp3) is 0.379. The zero-order chi connectivity index (χ0) is 22.3. The van der Waals surface area contributed by atoms with Gasteiger partial charge in [0.05, 0.1) is 0 Å². The van der Waals surface area contributed by atoms with E-state index in [9.17, 15) is 0 Å². The molecule has 2 unspecified atom stereocenters. The maximum atomic E-state index is 3.81. The van der Waals surface area contributed by atoms with Crippen LogP contribution in [0.15, 0.2) is 84.9 Å². The normalized spacial score (nSPS) is 21.8. The molecule has 3 aromatic rings. The Hall–Kier alpha value is -2.66. The highest BCUT2D eigenvalue weighted by atomic mass is 15.3. The smallest absolute Gasteiger partial charge is 0.0367 e. The minimum absolute atomic E-state index is 0.468. The molecule has 2 saturated heterocycles. The van der Waals surface area contributed by atoms with E-state index in [1.807, 2.05) is 0 Å². The van der Waals surface area contributed by atoms with Gasteiger partial charge in [-0.1, -0.05) is 72.8 Å². The van der Waals surface area contributed by atoms with Gasteiger partial charge in [0.1, 0.15) is 0 Å². The highest BCUT2D eigenvalue weighted by Gasteiger charge is 2.26. The van der Waals surface area contributed by atoms with Crippen molar-refractivity contribution >= 4 is 5.69 Å². The second-order valence-corrected chi connectivity index (χ2v) is 9.41. The Morgan fingerprint density at radius 3 is 2.18 bits per heavy atom. The molecular weight excluding hydrogens is 404 g/mol. The van der Waals surface area contributed by atoms with Gasteiger partial charge in [0, 0.05) is 63.5 Å². The Labute approximate surface area is 198 Å². The van der Waals surface area contributed by atoms with Crippen LogP contribution in [0.3, 0.4) is 0 Å². The van der Waals surface area contributed by atoms with E-state index in [-0.39, 0.29) is 0 Å². The van der Waals surface area contributed by atoms with Crippen molar-refractivity contribution in [3.8, 4) is 0 Å². The molecule has 3 aromatic carbocycles. The number of hydrogen-bond donors (Lipinski definition) is 2. The summed E-state index contributed by atoms with van der Waals surface area (Å²) in [5.74, 6) is 0.568. The lowest BCUT2D eigenvalue weighted by Gasteiger charge is -2.36. The molecule has 0 aromatic heterocycles. The first-order valence-corrected chi connectivity index (χ1v) is 12.4. The molecule has 0 radical (unpaired) electrons. The van der Waals surface area contributed by atoms with Gasteiger partial charge in [-0.25, -0.2) is 0 Å². The second kappa shape index (κ2) is 11.0. The van der Waals surface area contributed by atoms with Gasteiger partial charge in [-0.3, -0.25) is 4.90 Å². The summed E-state index contributed by atoms with van der Waals surface area (Å²) in [6, 6.07) is 31.5. The topological polar surface area (TPSA) is 30.5 Å². The molecule has 2 heterocycles. The zero-order valence-corrected chi connectivity index (χ0v) is 19.5. The largest absolute Gasteiger partial charge is 0.369 e. The number of benzene rings is 3. The van der Waals surface area contributed by atoms with Gasteiger partial charge in [0.25, 0.3) is 0 Å². The number of rotatable bonds is 7. The lowest BCUT2D eigenvalue weighted by Crippen LogP contribution is -2.47. The number of piperazine rings is 1. The van der Waals surface area contributed by atoms with Gasteiger partial charge in [-0.15, -0.1) is 0 Å². The van der Waals surface area contributed by atoms with Crippen LogP contribution in [0.2, 0.25) is 0 Å². The van der Waals surface area contributed by atoms with Crippen LogP contribution in [0, 0.1) is 0 Å². The maximum absolute atomic E-state index is 3.81. The van der Waals surface area contributed by atoms with Crippen LogP contribution in [0.1, 0.15) is 29.0 Å². The van der Waals surface area contributed by atoms with Gasteiger partial charge < -0.3 is 15.5 Å². The molecule has 2 N–H and O–H groups in total. The number of hydrogen-bond acceptors (Lipinski definition) is 4. The van der Waals surface area contributed by atoms with Crippen molar-refractivity contribution in [2.75, 3.05) is 44.2 Å². The molecule has 2 fully saturated rings. The lowest BCUT2D eigenvalue weighted by molar-refractivity contribution is 0.250. The maximum Gasteiger partial charge on any atom is 0.0367 e. The van der Waals surface area contributed by atoms with Crippen molar-refractivity contribution in [1.82, 2.24) is 15.5 Å². The van der Waals surface area contributed by atoms with E-state index in [0.717, 1.165) is 52.4 Å². The van der Waals surface area contributed by atoms with Crippen molar-refractivity contribution < 1.29 is 0 Å². The average molecular weight is 441 g/mol. The van der Waals surface area contributed by atoms with Gasteiger partial charge >= 0.3 is 0 Å². The number of piperidine rings is 1. The molecule has 0 saturated carbocycles. The van der Waals surface area contributed by atoms with Gasteiger partial charge in [-0.05, 0) is 41.8 Å². The van der Waals surface area contributed by atoms with Crippen molar-refractivity contribution in [2.24, 2.45) is 0 Å². The summed E-state index contributed by atoms with van der Waals surface area (Å²) in [7, 11) is 0. The van der Waals surface area contributed by atoms with Crippen molar-refractivity contribution in [1.29, 1.82) is 0 Å². The van der Waals surface area contributed by atoms with Crippen molar-refractivity contribution in [3.05, 3.63) is 102 Å². The van der Waals surface area contributed by atoms with Crippen LogP contribution in [0.4, 0.5) is 5.69 Å².